The van der Waals surface area contributed by atoms with Gasteiger partial charge in [-0.2, -0.15) is 0 Å². The smallest absolute Gasteiger partial charge is 0.409 e. The minimum Gasteiger partial charge on any atom is -1.00 e. The van der Waals surface area contributed by atoms with Gasteiger partial charge in [0.25, 0.3) is 0 Å². The molecule has 7 heteroatoms. The van der Waals surface area contributed by atoms with E-state index in [2.05, 4.69) is 20.8 Å². The van der Waals surface area contributed by atoms with E-state index >= 15 is 0 Å². The Hall–Kier alpha value is -1.11. The number of ketones is 1. The maximum atomic E-state index is 12.1. The van der Waals surface area contributed by atoms with Crippen molar-refractivity contribution in [1.29, 1.82) is 0 Å². The summed E-state index contributed by atoms with van der Waals surface area (Å²) in [5.74, 6) is 0.153. The number of carbonyl (C=O) groups is 2. The molecule has 128 valence electrons. The lowest BCUT2D eigenvalue weighted by molar-refractivity contribution is -0.0000199. The zero-order chi connectivity index (χ0) is 15.9. The Balaban J connectivity index is 0.00000264. The lowest BCUT2D eigenvalue weighted by atomic mass is 10.1. The molecule has 2 rings (SSSR count). The molecular formula is C16H21BrClN2O3-. The number of ether oxygens (including phenoxy) is 1. The third-order valence-corrected chi connectivity index (χ3v) is 4.25. The zero-order valence-corrected chi connectivity index (χ0v) is 15.5. The number of piperazine rings is 1. The molecule has 0 bridgehead atoms. The molecule has 1 aromatic rings. The van der Waals surface area contributed by atoms with Gasteiger partial charge >= 0.3 is 6.09 Å². The van der Waals surface area contributed by atoms with Gasteiger partial charge in [-0.05, 0) is 19.1 Å². The van der Waals surface area contributed by atoms with E-state index < -0.39 is 0 Å². The maximum Gasteiger partial charge on any atom is 0.409 e. The average Bonchev–Trinajstić information content (AvgIpc) is 2.54. The predicted molar refractivity (Wildman–Crippen MR) is 88.1 cm³/mol. The molecular weight excluding hydrogens is 384 g/mol. The predicted octanol–water partition coefficient (Wildman–Crippen LogP) is -0.200. The van der Waals surface area contributed by atoms with E-state index in [0.29, 0.717) is 26.1 Å². The van der Waals surface area contributed by atoms with E-state index in [9.17, 15) is 9.59 Å². The average molecular weight is 405 g/mol. The fraction of sp³-hybridized carbons (Fsp3) is 0.500. The normalized spacial score (nSPS) is 15.0. The van der Waals surface area contributed by atoms with Crippen molar-refractivity contribution in [2.45, 2.75) is 13.3 Å². The molecule has 1 fully saturated rings. The van der Waals surface area contributed by atoms with E-state index in [1.807, 2.05) is 31.2 Å². The molecule has 1 aliphatic rings. The molecule has 0 atom stereocenters. The molecule has 1 amide bonds. The quantitative estimate of drug-likeness (QED) is 0.638. The summed E-state index contributed by atoms with van der Waals surface area (Å²) in [6.45, 7) is 5.82. The van der Waals surface area contributed by atoms with Crippen LogP contribution in [0.15, 0.2) is 28.7 Å². The first kappa shape index (κ1) is 19.9. The van der Waals surface area contributed by atoms with Crippen molar-refractivity contribution in [3.05, 3.63) is 34.3 Å². The van der Waals surface area contributed by atoms with Crippen LogP contribution >= 0.6 is 15.9 Å². The number of nitrogens with zero attached hydrogens (tertiary/aromatic N) is 2. The van der Waals surface area contributed by atoms with Crippen LogP contribution in [0.3, 0.4) is 0 Å². The molecule has 1 aliphatic heterocycles. The van der Waals surface area contributed by atoms with Gasteiger partial charge in [-0.25, -0.2) is 4.79 Å². The van der Waals surface area contributed by atoms with Crippen LogP contribution in [0.2, 0.25) is 0 Å². The molecule has 0 saturated carbocycles. The van der Waals surface area contributed by atoms with Gasteiger partial charge in [0.2, 0.25) is 0 Å². The lowest BCUT2D eigenvalue weighted by Gasteiger charge is -2.33. The van der Waals surface area contributed by atoms with Crippen LogP contribution in [-0.2, 0) is 4.74 Å². The first-order chi connectivity index (χ1) is 10.6. The molecule has 1 heterocycles. The molecule has 0 aliphatic carbocycles. The van der Waals surface area contributed by atoms with Gasteiger partial charge in [-0.15, -0.1) is 0 Å². The first-order valence-corrected chi connectivity index (χ1v) is 8.32. The summed E-state index contributed by atoms with van der Waals surface area (Å²) in [5.41, 5.74) is 0.744. The van der Waals surface area contributed by atoms with Gasteiger partial charge in [-0.3, -0.25) is 9.69 Å². The highest BCUT2D eigenvalue weighted by Gasteiger charge is 2.22. The highest BCUT2D eigenvalue weighted by atomic mass is 79.9. The number of benzene rings is 1. The second-order valence-corrected chi connectivity index (χ2v) is 6.12. The van der Waals surface area contributed by atoms with Crippen molar-refractivity contribution in [3.8, 4) is 0 Å². The summed E-state index contributed by atoms with van der Waals surface area (Å²) >= 11 is 3.36. The van der Waals surface area contributed by atoms with Gasteiger partial charge in [0.1, 0.15) is 0 Å². The highest BCUT2D eigenvalue weighted by molar-refractivity contribution is 9.10. The Kier molecular flexibility index (Phi) is 8.58. The van der Waals surface area contributed by atoms with Crippen LogP contribution in [0.25, 0.3) is 0 Å². The Morgan fingerprint density at radius 2 is 1.74 bits per heavy atom. The van der Waals surface area contributed by atoms with Crippen LogP contribution in [0.4, 0.5) is 4.79 Å². The number of amides is 1. The minimum absolute atomic E-state index is 0. The van der Waals surface area contributed by atoms with Crippen molar-refractivity contribution < 1.29 is 26.7 Å². The van der Waals surface area contributed by atoms with Crippen molar-refractivity contribution in [1.82, 2.24) is 9.80 Å². The van der Waals surface area contributed by atoms with Crippen molar-refractivity contribution >= 4 is 27.8 Å². The molecule has 1 saturated heterocycles. The summed E-state index contributed by atoms with van der Waals surface area (Å²) in [5, 5.41) is 0. The summed E-state index contributed by atoms with van der Waals surface area (Å²) in [6.07, 6.45) is 0.259. The molecule has 0 N–H and O–H groups in total. The summed E-state index contributed by atoms with van der Waals surface area (Å²) in [6, 6.07) is 7.44. The Labute approximate surface area is 151 Å². The summed E-state index contributed by atoms with van der Waals surface area (Å²) in [4.78, 5) is 27.7. The van der Waals surface area contributed by atoms with Crippen LogP contribution < -0.4 is 12.4 Å². The van der Waals surface area contributed by atoms with E-state index in [1.54, 1.807) is 4.90 Å². The fourth-order valence-electron chi connectivity index (χ4n) is 2.41. The largest absolute Gasteiger partial charge is 1.00 e. The first-order valence-electron chi connectivity index (χ1n) is 7.53. The SMILES string of the molecule is CCOC(=O)N1CCN(CCC(=O)c2ccc(Br)cc2)CC1.[Cl-]. The van der Waals surface area contributed by atoms with Gasteiger partial charge in [-0.1, -0.05) is 28.1 Å². The lowest BCUT2D eigenvalue weighted by Crippen LogP contribution is -3.00. The maximum absolute atomic E-state index is 12.1. The van der Waals surface area contributed by atoms with E-state index in [4.69, 9.17) is 4.74 Å². The monoisotopic (exact) mass is 403 g/mol. The van der Waals surface area contributed by atoms with E-state index in [0.717, 1.165) is 29.7 Å². The van der Waals surface area contributed by atoms with E-state index in [-0.39, 0.29) is 24.3 Å². The van der Waals surface area contributed by atoms with Crippen molar-refractivity contribution in [3.63, 3.8) is 0 Å². The van der Waals surface area contributed by atoms with E-state index in [1.165, 1.54) is 0 Å². The number of hydrogen-bond donors (Lipinski definition) is 0. The third-order valence-electron chi connectivity index (χ3n) is 3.72. The molecule has 0 spiro atoms. The summed E-state index contributed by atoms with van der Waals surface area (Å²) < 4.78 is 5.96. The van der Waals surface area contributed by atoms with Crippen LogP contribution in [-0.4, -0.2) is 61.0 Å². The summed E-state index contributed by atoms with van der Waals surface area (Å²) in [7, 11) is 0. The number of carbonyl (C=O) groups excluding carboxylic acids is 2. The van der Waals surface area contributed by atoms with Crippen LogP contribution in [0.5, 0.6) is 0 Å². The van der Waals surface area contributed by atoms with Crippen LogP contribution in [0, 0.1) is 0 Å². The third kappa shape index (κ3) is 6.12. The van der Waals surface area contributed by atoms with Crippen molar-refractivity contribution in [2.24, 2.45) is 0 Å². The molecule has 0 unspecified atom stereocenters. The second kappa shape index (κ2) is 9.90. The van der Waals surface area contributed by atoms with Gasteiger partial charge < -0.3 is 22.0 Å². The molecule has 0 aromatic heterocycles. The second-order valence-electron chi connectivity index (χ2n) is 5.21. The van der Waals surface area contributed by atoms with Crippen LogP contribution in [0.1, 0.15) is 23.7 Å². The Morgan fingerprint density at radius 3 is 2.30 bits per heavy atom. The highest BCUT2D eigenvalue weighted by Crippen LogP contribution is 2.12. The molecule has 5 nitrogen and oxygen atoms in total. The topological polar surface area (TPSA) is 49.9 Å². The number of halogens is 2. The Morgan fingerprint density at radius 1 is 1.13 bits per heavy atom. The Bertz CT molecular complexity index is 517. The van der Waals surface area contributed by atoms with Gasteiger partial charge in [0.05, 0.1) is 6.61 Å². The van der Waals surface area contributed by atoms with Crippen molar-refractivity contribution in [2.75, 3.05) is 39.3 Å². The fourth-order valence-corrected chi connectivity index (χ4v) is 2.67. The zero-order valence-electron chi connectivity index (χ0n) is 13.1. The minimum atomic E-state index is -0.243. The molecule has 23 heavy (non-hydrogen) atoms. The number of rotatable bonds is 5. The van der Waals surface area contributed by atoms with Gasteiger partial charge in [0.15, 0.2) is 5.78 Å². The van der Waals surface area contributed by atoms with Gasteiger partial charge in [0, 0.05) is 49.2 Å². The molecule has 0 radical (unpaired) electrons. The molecule has 1 aromatic carbocycles. The number of Topliss-reactive ketones (excluding diaryl/α,β-unsaturated/α-hetero) is 1. The standard InChI is InChI=1S/C16H21BrN2O3.ClH/c1-2-22-16(21)19-11-9-18(10-12-19)8-7-15(20)13-3-5-14(17)6-4-13;/h3-6H,2,7-12H2,1H3;1H/p-1. The number of hydrogen-bond acceptors (Lipinski definition) is 4.